The van der Waals surface area contributed by atoms with Crippen LogP contribution in [0.3, 0.4) is 0 Å². The van der Waals surface area contributed by atoms with Crippen molar-refractivity contribution < 1.29 is 9.47 Å². The van der Waals surface area contributed by atoms with Gasteiger partial charge in [-0.05, 0) is 39.0 Å². The summed E-state index contributed by atoms with van der Waals surface area (Å²) >= 11 is 11.9. The third-order valence-electron chi connectivity index (χ3n) is 2.90. The maximum Gasteiger partial charge on any atom is 0.143 e. The van der Waals surface area contributed by atoms with Gasteiger partial charge in [-0.3, -0.25) is 0 Å². The van der Waals surface area contributed by atoms with Gasteiger partial charge in [-0.15, -0.1) is 0 Å². The SMILES string of the molecule is CCOc1ccc(C=C2SC(=S)NC2=S)c(OCC)c1C. The molecule has 1 N–H and O–H groups in total. The Morgan fingerprint density at radius 1 is 1.19 bits per heavy atom. The Labute approximate surface area is 140 Å². The highest BCUT2D eigenvalue weighted by Gasteiger charge is 2.20. The molecule has 0 radical (unpaired) electrons. The number of thiocarbonyl (C=S) groups is 2. The van der Waals surface area contributed by atoms with Crippen molar-refractivity contribution in [3.63, 3.8) is 0 Å². The van der Waals surface area contributed by atoms with Gasteiger partial charge in [0.25, 0.3) is 0 Å². The number of hydrogen-bond acceptors (Lipinski definition) is 5. The Hall–Kier alpha value is -1.11. The van der Waals surface area contributed by atoms with Gasteiger partial charge in [0.1, 0.15) is 20.8 Å². The van der Waals surface area contributed by atoms with Crippen molar-refractivity contribution in [2.75, 3.05) is 13.2 Å². The highest BCUT2D eigenvalue weighted by molar-refractivity contribution is 8.27. The molecule has 21 heavy (non-hydrogen) atoms. The summed E-state index contributed by atoms with van der Waals surface area (Å²) in [6.07, 6.45) is 2.01. The summed E-state index contributed by atoms with van der Waals surface area (Å²) in [6, 6.07) is 3.95. The van der Waals surface area contributed by atoms with Gasteiger partial charge in [-0.25, -0.2) is 0 Å². The van der Waals surface area contributed by atoms with Crippen LogP contribution < -0.4 is 14.8 Å². The van der Waals surface area contributed by atoms with E-state index in [1.54, 1.807) is 0 Å². The molecule has 2 rings (SSSR count). The first kappa shape index (κ1) is 16.3. The second-order valence-electron chi connectivity index (χ2n) is 4.33. The summed E-state index contributed by atoms with van der Waals surface area (Å²) in [5, 5.41) is 2.98. The second kappa shape index (κ2) is 7.24. The van der Waals surface area contributed by atoms with E-state index in [0.29, 0.717) is 22.5 Å². The third kappa shape index (κ3) is 3.75. The number of ether oxygens (including phenoxy) is 2. The van der Waals surface area contributed by atoms with Crippen LogP contribution in [-0.4, -0.2) is 22.5 Å². The van der Waals surface area contributed by atoms with E-state index in [4.69, 9.17) is 33.9 Å². The number of benzene rings is 1. The van der Waals surface area contributed by atoms with Gasteiger partial charge in [0.2, 0.25) is 0 Å². The minimum absolute atomic E-state index is 0.598. The zero-order valence-corrected chi connectivity index (χ0v) is 14.6. The Bertz CT molecular complexity index is 611. The fraction of sp³-hybridized carbons (Fsp3) is 0.333. The molecule has 0 aliphatic carbocycles. The molecule has 0 saturated carbocycles. The molecule has 1 aliphatic rings. The Balaban J connectivity index is 2.43. The Morgan fingerprint density at radius 3 is 2.48 bits per heavy atom. The van der Waals surface area contributed by atoms with E-state index >= 15 is 0 Å². The Kier molecular flexibility index (Phi) is 5.61. The van der Waals surface area contributed by atoms with Crippen molar-refractivity contribution in [2.45, 2.75) is 20.8 Å². The summed E-state index contributed by atoms with van der Waals surface area (Å²) < 4.78 is 12.1. The lowest BCUT2D eigenvalue weighted by atomic mass is 10.1. The van der Waals surface area contributed by atoms with Gasteiger partial charge in [0.05, 0.1) is 18.1 Å². The highest BCUT2D eigenvalue weighted by atomic mass is 32.2. The van der Waals surface area contributed by atoms with Crippen LogP contribution >= 0.6 is 36.2 Å². The fourth-order valence-corrected chi connectivity index (χ4v) is 3.49. The predicted octanol–water partition coefficient (Wildman–Crippen LogP) is 4.08. The largest absolute Gasteiger partial charge is 0.493 e. The molecule has 1 fully saturated rings. The molecule has 1 saturated heterocycles. The monoisotopic (exact) mass is 339 g/mol. The number of nitrogens with one attached hydrogen (secondary N) is 1. The van der Waals surface area contributed by atoms with E-state index in [1.165, 1.54) is 11.8 Å². The third-order valence-corrected chi connectivity index (χ3v) is 4.54. The average Bonchev–Trinajstić information content (AvgIpc) is 2.75. The highest BCUT2D eigenvalue weighted by Crippen LogP contribution is 2.35. The van der Waals surface area contributed by atoms with E-state index in [2.05, 4.69) is 5.32 Å². The summed E-state index contributed by atoms with van der Waals surface area (Å²) in [4.78, 5) is 1.61. The average molecular weight is 340 g/mol. The second-order valence-corrected chi connectivity index (χ2v) is 6.45. The number of rotatable bonds is 5. The van der Waals surface area contributed by atoms with Gasteiger partial charge < -0.3 is 14.8 Å². The first-order valence-electron chi connectivity index (χ1n) is 6.70. The standard InChI is InChI=1S/C15H17NO2S3/c1-4-17-11-7-6-10(13(9(11)3)18-5-2)8-12-14(19)16-15(20)21-12/h6-8H,4-5H2,1-3H3,(H,16,19,20). The predicted molar refractivity (Wildman–Crippen MR) is 97.4 cm³/mol. The van der Waals surface area contributed by atoms with Gasteiger partial charge in [-0.2, -0.15) is 0 Å². The van der Waals surface area contributed by atoms with E-state index in [1.807, 2.05) is 39.0 Å². The number of hydrogen-bond donors (Lipinski definition) is 1. The van der Waals surface area contributed by atoms with Crippen LogP contribution in [0.25, 0.3) is 6.08 Å². The molecule has 0 amide bonds. The van der Waals surface area contributed by atoms with E-state index in [-0.39, 0.29) is 0 Å². The van der Waals surface area contributed by atoms with E-state index < -0.39 is 0 Å². The van der Waals surface area contributed by atoms with Crippen molar-refractivity contribution >= 4 is 51.6 Å². The van der Waals surface area contributed by atoms with Crippen molar-refractivity contribution in [1.82, 2.24) is 5.32 Å². The number of thioether (sulfide) groups is 1. The zero-order valence-electron chi connectivity index (χ0n) is 12.2. The lowest BCUT2D eigenvalue weighted by molar-refractivity contribution is 0.318. The first-order chi connectivity index (χ1) is 10.1. The molecule has 0 aromatic heterocycles. The molecule has 1 aliphatic heterocycles. The topological polar surface area (TPSA) is 30.5 Å². The summed E-state index contributed by atoms with van der Waals surface area (Å²) in [6.45, 7) is 7.16. The van der Waals surface area contributed by atoms with Crippen LogP contribution in [0, 0.1) is 6.92 Å². The lowest BCUT2D eigenvalue weighted by Gasteiger charge is -2.15. The van der Waals surface area contributed by atoms with Crippen LogP contribution in [0.2, 0.25) is 0 Å². The lowest BCUT2D eigenvalue weighted by Crippen LogP contribution is -2.15. The van der Waals surface area contributed by atoms with E-state index in [9.17, 15) is 0 Å². The quantitative estimate of drug-likeness (QED) is 0.642. The normalized spacial score (nSPS) is 16.2. The van der Waals surface area contributed by atoms with E-state index in [0.717, 1.165) is 27.5 Å². The molecule has 0 bridgehead atoms. The van der Waals surface area contributed by atoms with Crippen LogP contribution in [0.4, 0.5) is 0 Å². The van der Waals surface area contributed by atoms with Gasteiger partial charge in [0.15, 0.2) is 0 Å². The van der Waals surface area contributed by atoms with Gasteiger partial charge >= 0.3 is 0 Å². The molecule has 1 aromatic carbocycles. The minimum atomic E-state index is 0.598. The van der Waals surface area contributed by atoms with Crippen molar-refractivity contribution in [3.05, 3.63) is 28.2 Å². The molecule has 6 heteroatoms. The molecule has 1 aromatic rings. The van der Waals surface area contributed by atoms with Crippen LogP contribution in [-0.2, 0) is 0 Å². The van der Waals surface area contributed by atoms with Crippen LogP contribution in [0.15, 0.2) is 17.0 Å². The molecule has 0 spiro atoms. The maximum atomic E-state index is 5.80. The first-order valence-corrected chi connectivity index (χ1v) is 8.34. The molecule has 3 nitrogen and oxygen atoms in total. The molecule has 0 atom stereocenters. The molecule has 112 valence electrons. The van der Waals surface area contributed by atoms with Crippen molar-refractivity contribution in [1.29, 1.82) is 0 Å². The van der Waals surface area contributed by atoms with Crippen molar-refractivity contribution in [3.8, 4) is 11.5 Å². The molecular formula is C15H17NO2S3. The van der Waals surface area contributed by atoms with Gasteiger partial charge in [-0.1, -0.05) is 36.2 Å². The smallest absolute Gasteiger partial charge is 0.143 e. The molecular weight excluding hydrogens is 322 g/mol. The summed E-state index contributed by atoms with van der Waals surface area (Å²) in [7, 11) is 0. The van der Waals surface area contributed by atoms with Crippen LogP contribution in [0.5, 0.6) is 11.5 Å². The maximum absolute atomic E-state index is 5.80. The zero-order chi connectivity index (χ0) is 15.4. The molecule has 1 heterocycles. The summed E-state index contributed by atoms with van der Waals surface area (Å²) in [5.74, 6) is 1.68. The van der Waals surface area contributed by atoms with Crippen molar-refractivity contribution in [2.24, 2.45) is 0 Å². The minimum Gasteiger partial charge on any atom is -0.493 e. The Morgan fingerprint density at radius 2 is 1.90 bits per heavy atom. The molecule has 0 unspecified atom stereocenters. The summed E-state index contributed by atoms with van der Waals surface area (Å²) in [5.41, 5.74) is 1.98. The van der Waals surface area contributed by atoms with Gasteiger partial charge in [0, 0.05) is 11.1 Å². The van der Waals surface area contributed by atoms with Crippen LogP contribution in [0.1, 0.15) is 25.0 Å². The fourth-order valence-electron chi connectivity index (χ4n) is 2.02.